The molecule has 0 radical (unpaired) electrons. The molecule has 1 aromatic rings. The normalized spacial score (nSPS) is 18.3. The van der Waals surface area contributed by atoms with Crippen LogP contribution in [0.5, 0.6) is 0 Å². The van der Waals surface area contributed by atoms with Gasteiger partial charge < -0.3 is 15.3 Å². The quantitative estimate of drug-likeness (QED) is 0.772. The third-order valence-electron chi connectivity index (χ3n) is 3.65. The molecule has 0 bridgehead atoms. The third kappa shape index (κ3) is 3.80. The fourth-order valence-electron chi connectivity index (χ4n) is 2.44. The summed E-state index contributed by atoms with van der Waals surface area (Å²) < 4.78 is 1.79. The molecule has 102 valence electrons. The van der Waals surface area contributed by atoms with Crippen molar-refractivity contribution in [3.8, 4) is 0 Å². The van der Waals surface area contributed by atoms with Gasteiger partial charge in [-0.25, -0.2) is 0 Å². The molecule has 0 spiro atoms. The van der Waals surface area contributed by atoms with Crippen molar-refractivity contribution in [3.63, 3.8) is 0 Å². The van der Waals surface area contributed by atoms with Gasteiger partial charge >= 0.3 is 0 Å². The Labute approximate surface area is 109 Å². The Bertz CT molecular complexity index is 345. The highest BCUT2D eigenvalue weighted by Crippen LogP contribution is 2.10. The van der Waals surface area contributed by atoms with Crippen LogP contribution >= 0.6 is 0 Å². The highest BCUT2D eigenvalue weighted by Gasteiger charge is 2.17. The third-order valence-corrected chi connectivity index (χ3v) is 3.65. The van der Waals surface area contributed by atoms with E-state index in [1.54, 1.807) is 4.68 Å². The summed E-state index contributed by atoms with van der Waals surface area (Å²) in [4.78, 5) is 2.50. The van der Waals surface area contributed by atoms with E-state index >= 15 is 0 Å². The molecule has 5 nitrogen and oxygen atoms in total. The van der Waals surface area contributed by atoms with Crippen molar-refractivity contribution >= 4 is 0 Å². The molecule has 2 rings (SSSR count). The molecule has 1 fully saturated rings. The van der Waals surface area contributed by atoms with Gasteiger partial charge in [0.1, 0.15) is 0 Å². The van der Waals surface area contributed by atoms with E-state index in [2.05, 4.69) is 22.2 Å². The fourth-order valence-corrected chi connectivity index (χ4v) is 2.44. The second-order valence-corrected chi connectivity index (χ2v) is 4.92. The SMILES string of the molecule is CCN1CCC(NCc2cnn(CCO)c2)CC1. The summed E-state index contributed by atoms with van der Waals surface area (Å²) in [5, 5.41) is 16.6. The average molecular weight is 252 g/mol. The van der Waals surface area contributed by atoms with Crippen molar-refractivity contribution in [2.24, 2.45) is 0 Å². The van der Waals surface area contributed by atoms with Gasteiger partial charge in [0.15, 0.2) is 0 Å². The highest BCUT2D eigenvalue weighted by atomic mass is 16.3. The summed E-state index contributed by atoms with van der Waals surface area (Å²) in [7, 11) is 0. The van der Waals surface area contributed by atoms with E-state index < -0.39 is 0 Å². The van der Waals surface area contributed by atoms with Crippen LogP contribution < -0.4 is 5.32 Å². The van der Waals surface area contributed by atoms with Crippen molar-refractivity contribution in [2.45, 2.75) is 38.9 Å². The van der Waals surface area contributed by atoms with Crippen LogP contribution in [-0.4, -0.2) is 52.1 Å². The lowest BCUT2D eigenvalue weighted by Crippen LogP contribution is -2.42. The van der Waals surface area contributed by atoms with E-state index in [4.69, 9.17) is 5.11 Å². The lowest BCUT2D eigenvalue weighted by molar-refractivity contribution is 0.206. The molecule has 0 unspecified atom stereocenters. The van der Waals surface area contributed by atoms with Gasteiger partial charge in [-0.2, -0.15) is 5.10 Å². The van der Waals surface area contributed by atoms with E-state index in [1.165, 1.54) is 38.0 Å². The molecule has 2 heterocycles. The van der Waals surface area contributed by atoms with Gasteiger partial charge in [-0.15, -0.1) is 0 Å². The fraction of sp³-hybridized carbons (Fsp3) is 0.769. The van der Waals surface area contributed by atoms with Crippen LogP contribution in [0.25, 0.3) is 0 Å². The number of aliphatic hydroxyl groups is 1. The van der Waals surface area contributed by atoms with Crippen molar-refractivity contribution in [1.82, 2.24) is 20.0 Å². The van der Waals surface area contributed by atoms with Gasteiger partial charge in [0.05, 0.1) is 19.3 Å². The first-order valence-corrected chi connectivity index (χ1v) is 6.89. The summed E-state index contributed by atoms with van der Waals surface area (Å²) in [5.41, 5.74) is 1.20. The maximum absolute atomic E-state index is 8.83. The van der Waals surface area contributed by atoms with Crippen LogP contribution in [-0.2, 0) is 13.1 Å². The molecule has 18 heavy (non-hydrogen) atoms. The Morgan fingerprint density at radius 1 is 1.44 bits per heavy atom. The first-order chi connectivity index (χ1) is 8.81. The molecule has 0 amide bonds. The molecule has 2 N–H and O–H groups in total. The largest absolute Gasteiger partial charge is 0.394 e. The summed E-state index contributed by atoms with van der Waals surface area (Å²) in [6.07, 6.45) is 6.35. The Hall–Kier alpha value is -0.910. The molecular weight excluding hydrogens is 228 g/mol. The summed E-state index contributed by atoms with van der Waals surface area (Å²) >= 11 is 0. The number of aromatic nitrogens is 2. The van der Waals surface area contributed by atoms with Gasteiger partial charge in [-0.3, -0.25) is 4.68 Å². The van der Waals surface area contributed by atoms with Crippen molar-refractivity contribution in [3.05, 3.63) is 18.0 Å². The Morgan fingerprint density at radius 2 is 2.22 bits per heavy atom. The zero-order valence-corrected chi connectivity index (χ0v) is 11.2. The maximum atomic E-state index is 8.83. The van der Waals surface area contributed by atoms with Gasteiger partial charge in [-0.1, -0.05) is 6.92 Å². The zero-order valence-electron chi connectivity index (χ0n) is 11.2. The van der Waals surface area contributed by atoms with E-state index in [9.17, 15) is 0 Å². The van der Waals surface area contributed by atoms with E-state index in [0.717, 1.165) is 6.54 Å². The molecule has 0 atom stereocenters. The van der Waals surface area contributed by atoms with E-state index in [-0.39, 0.29) is 6.61 Å². The number of hydrogen-bond acceptors (Lipinski definition) is 4. The molecule has 0 aliphatic carbocycles. The molecule has 5 heteroatoms. The number of rotatable bonds is 6. The van der Waals surface area contributed by atoms with Gasteiger partial charge in [0, 0.05) is 24.3 Å². The van der Waals surface area contributed by atoms with E-state index in [1.807, 2.05) is 12.4 Å². The zero-order chi connectivity index (χ0) is 12.8. The van der Waals surface area contributed by atoms with Crippen molar-refractivity contribution in [1.29, 1.82) is 0 Å². The minimum Gasteiger partial charge on any atom is -0.394 e. The van der Waals surface area contributed by atoms with Crippen LogP contribution in [0, 0.1) is 0 Å². The first kappa shape index (κ1) is 13.5. The second kappa shape index (κ2) is 6.87. The lowest BCUT2D eigenvalue weighted by atomic mass is 10.1. The van der Waals surface area contributed by atoms with E-state index in [0.29, 0.717) is 12.6 Å². The summed E-state index contributed by atoms with van der Waals surface area (Å²) in [6, 6.07) is 0.633. The van der Waals surface area contributed by atoms with Crippen LogP contribution in [0.1, 0.15) is 25.3 Å². The number of nitrogens with one attached hydrogen (secondary N) is 1. The monoisotopic (exact) mass is 252 g/mol. The van der Waals surface area contributed by atoms with Crippen LogP contribution in [0.2, 0.25) is 0 Å². The maximum Gasteiger partial charge on any atom is 0.0640 e. The first-order valence-electron chi connectivity index (χ1n) is 6.89. The molecule has 1 aromatic heterocycles. The second-order valence-electron chi connectivity index (χ2n) is 4.92. The van der Waals surface area contributed by atoms with Crippen LogP contribution in [0.15, 0.2) is 12.4 Å². The number of nitrogens with zero attached hydrogens (tertiary/aromatic N) is 3. The number of likely N-dealkylation sites (tertiary alicyclic amines) is 1. The van der Waals surface area contributed by atoms with Gasteiger partial charge in [-0.05, 0) is 32.5 Å². The average Bonchev–Trinajstić information content (AvgIpc) is 2.85. The Balaban J connectivity index is 1.71. The Morgan fingerprint density at radius 3 is 2.89 bits per heavy atom. The summed E-state index contributed by atoms with van der Waals surface area (Å²) in [6.45, 7) is 7.40. The minimum absolute atomic E-state index is 0.143. The predicted octanol–water partition coefficient (Wildman–Crippen LogP) is 0.449. The van der Waals surface area contributed by atoms with Crippen molar-refractivity contribution in [2.75, 3.05) is 26.2 Å². The molecule has 1 aliphatic rings. The number of aliphatic hydroxyl groups excluding tert-OH is 1. The Kier molecular flexibility index (Phi) is 5.16. The number of piperidine rings is 1. The van der Waals surface area contributed by atoms with Crippen LogP contribution in [0.3, 0.4) is 0 Å². The predicted molar refractivity (Wildman–Crippen MR) is 71.3 cm³/mol. The van der Waals surface area contributed by atoms with Gasteiger partial charge in [0.25, 0.3) is 0 Å². The lowest BCUT2D eigenvalue weighted by Gasteiger charge is -2.31. The standard InChI is InChI=1S/C13H24N4O/c1-2-16-5-3-13(4-6-16)14-9-12-10-15-17(11-12)7-8-18/h10-11,13-14,18H,2-9H2,1H3. The molecule has 1 aliphatic heterocycles. The van der Waals surface area contributed by atoms with Gasteiger partial charge in [0.2, 0.25) is 0 Å². The minimum atomic E-state index is 0.143. The summed E-state index contributed by atoms with van der Waals surface area (Å²) in [5.74, 6) is 0. The smallest absolute Gasteiger partial charge is 0.0640 e. The van der Waals surface area contributed by atoms with Crippen molar-refractivity contribution < 1.29 is 5.11 Å². The molecule has 1 saturated heterocycles. The molecular formula is C13H24N4O. The van der Waals surface area contributed by atoms with Crippen LogP contribution in [0.4, 0.5) is 0 Å². The number of hydrogen-bond donors (Lipinski definition) is 2. The topological polar surface area (TPSA) is 53.3 Å². The molecule has 0 saturated carbocycles. The molecule has 0 aromatic carbocycles. The highest BCUT2D eigenvalue weighted by molar-refractivity contribution is 5.03.